The molecule has 0 bridgehead atoms. The Hall–Kier alpha value is -2.04. The van der Waals surface area contributed by atoms with Gasteiger partial charge in [-0.1, -0.05) is 20.8 Å². The summed E-state index contributed by atoms with van der Waals surface area (Å²) in [7, 11) is 1.51. The van der Waals surface area contributed by atoms with E-state index in [1.54, 1.807) is 18.2 Å². The van der Waals surface area contributed by atoms with Crippen molar-refractivity contribution >= 4 is 23.2 Å². The Morgan fingerprint density at radius 3 is 2.26 bits per heavy atom. The van der Waals surface area contributed by atoms with E-state index >= 15 is 0 Å². The van der Waals surface area contributed by atoms with Crippen LogP contribution in [0.3, 0.4) is 0 Å². The molecule has 1 aromatic carbocycles. The zero-order chi connectivity index (χ0) is 14.6. The molecular weight excluding hydrogens is 244 g/mol. The average Bonchev–Trinajstić information content (AvgIpc) is 2.29. The maximum atomic E-state index is 11.9. The van der Waals surface area contributed by atoms with Gasteiger partial charge < -0.3 is 15.4 Å². The second kappa shape index (κ2) is 5.73. The maximum absolute atomic E-state index is 11.9. The average molecular weight is 264 g/mol. The standard InChI is InChI=1S/C14H20N2O3/c1-9(17)15-11-7-6-10(8-12(11)19-5)16-13(18)14(2,3)4/h6-8H,1-5H3,(H,15,17)(H,16,18). The van der Waals surface area contributed by atoms with Crippen LogP contribution >= 0.6 is 0 Å². The number of hydrogen-bond acceptors (Lipinski definition) is 3. The molecule has 0 saturated carbocycles. The first-order valence-corrected chi connectivity index (χ1v) is 6.01. The highest BCUT2D eigenvalue weighted by molar-refractivity contribution is 5.96. The number of nitrogens with one attached hydrogen (secondary N) is 2. The SMILES string of the molecule is COc1cc(NC(=O)C(C)(C)C)ccc1NC(C)=O. The summed E-state index contributed by atoms with van der Waals surface area (Å²) in [5, 5.41) is 5.46. The number of anilines is 2. The van der Waals surface area contributed by atoms with Gasteiger partial charge in [-0.15, -0.1) is 0 Å². The molecule has 0 radical (unpaired) electrons. The first-order valence-electron chi connectivity index (χ1n) is 6.01. The molecule has 0 atom stereocenters. The van der Waals surface area contributed by atoms with Crippen LogP contribution in [-0.2, 0) is 9.59 Å². The number of amides is 2. The highest BCUT2D eigenvalue weighted by Gasteiger charge is 2.21. The van der Waals surface area contributed by atoms with Gasteiger partial charge in [-0.2, -0.15) is 0 Å². The van der Waals surface area contributed by atoms with Gasteiger partial charge in [0, 0.05) is 24.1 Å². The fourth-order valence-corrected chi connectivity index (χ4v) is 1.38. The zero-order valence-electron chi connectivity index (χ0n) is 12.0. The molecule has 0 heterocycles. The van der Waals surface area contributed by atoms with Gasteiger partial charge in [-0.25, -0.2) is 0 Å². The molecule has 0 aliphatic carbocycles. The Bertz CT molecular complexity index is 490. The molecule has 5 nitrogen and oxygen atoms in total. The minimum Gasteiger partial charge on any atom is -0.494 e. The van der Waals surface area contributed by atoms with Gasteiger partial charge in [0.05, 0.1) is 12.8 Å². The minimum atomic E-state index is -0.469. The summed E-state index contributed by atoms with van der Waals surface area (Å²) in [4.78, 5) is 22.9. The zero-order valence-corrected chi connectivity index (χ0v) is 12.0. The van der Waals surface area contributed by atoms with Gasteiger partial charge in [0.2, 0.25) is 11.8 Å². The van der Waals surface area contributed by atoms with Crippen molar-refractivity contribution in [2.75, 3.05) is 17.7 Å². The molecule has 0 aliphatic rings. The number of carbonyl (C=O) groups is 2. The Morgan fingerprint density at radius 1 is 1.16 bits per heavy atom. The third kappa shape index (κ3) is 4.28. The van der Waals surface area contributed by atoms with Crippen LogP contribution in [0.25, 0.3) is 0 Å². The Balaban J connectivity index is 2.94. The number of benzene rings is 1. The molecule has 1 aromatic rings. The molecule has 2 N–H and O–H groups in total. The number of hydrogen-bond donors (Lipinski definition) is 2. The van der Waals surface area contributed by atoms with Crippen LogP contribution in [0.2, 0.25) is 0 Å². The van der Waals surface area contributed by atoms with E-state index in [0.717, 1.165) is 0 Å². The number of rotatable bonds is 3. The predicted octanol–water partition coefficient (Wildman–Crippen LogP) is 2.64. The second-order valence-electron chi connectivity index (χ2n) is 5.30. The summed E-state index contributed by atoms with van der Waals surface area (Å²) >= 11 is 0. The number of ether oxygens (including phenoxy) is 1. The molecule has 0 fully saturated rings. The molecule has 0 aliphatic heterocycles. The molecule has 19 heavy (non-hydrogen) atoms. The first-order chi connectivity index (χ1) is 8.74. The quantitative estimate of drug-likeness (QED) is 0.882. The molecule has 2 amide bonds. The predicted molar refractivity (Wildman–Crippen MR) is 75.4 cm³/mol. The van der Waals surface area contributed by atoms with Crippen LogP contribution in [0.5, 0.6) is 5.75 Å². The van der Waals surface area contributed by atoms with Crippen molar-refractivity contribution in [2.45, 2.75) is 27.7 Å². The van der Waals surface area contributed by atoms with E-state index < -0.39 is 5.41 Å². The highest BCUT2D eigenvalue weighted by atomic mass is 16.5. The number of methoxy groups -OCH3 is 1. The third-order valence-corrected chi connectivity index (χ3v) is 2.45. The molecule has 1 rings (SSSR count). The smallest absolute Gasteiger partial charge is 0.229 e. The Morgan fingerprint density at radius 2 is 1.79 bits per heavy atom. The first kappa shape index (κ1) is 15.0. The molecule has 0 spiro atoms. The summed E-state index contributed by atoms with van der Waals surface area (Å²) in [5.41, 5.74) is 0.735. The summed E-state index contributed by atoms with van der Waals surface area (Å²) in [5.74, 6) is 0.244. The van der Waals surface area contributed by atoms with E-state index in [2.05, 4.69) is 10.6 Å². The van der Waals surface area contributed by atoms with Crippen molar-refractivity contribution in [3.63, 3.8) is 0 Å². The molecular formula is C14H20N2O3. The highest BCUT2D eigenvalue weighted by Crippen LogP contribution is 2.28. The van der Waals surface area contributed by atoms with Crippen LogP contribution in [0.1, 0.15) is 27.7 Å². The van der Waals surface area contributed by atoms with Crippen LogP contribution in [0, 0.1) is 5.41 Å². The lowest BCUT2D eigenvalue weighted by Gasteiger charge is -2.18. The van der Waals surface area contributed by atoms with Crippen LogP contribution < -0.4 is 15.4 Å². The van der Waals surface area contributed by atoms with Gasteiger partial charge in [-0.3, -0.25) is 9.59 Å². The van der Waals surface area contributed by atoms with Crippen molar-refractivity contribution < 1.29 is 14.3 Å². The summed E-state index contributed by atoms with van der Waals surface area (Å²) in [6, 6.07) is 5.09. The summed E-state index contributed by atoms with van der Waals surface area (Å²) in [6.45, 7) is 6.94. The van der Waals surface area contributed by atoms with Gasteiger partial charge in [0.15, 0.2) is 0 Å². The molecule has 104 valence electrons. The minimum absolute atomic E-state index is 0.0816. The molecule has 0 aromatic heterocycles. The topological polar surface area (TPSA) is 67.4 Å². The van der Waals surface area contributed by atoms with Crippen molar-refractivity contribution in [3.05, 3.63) is 18.2 Å². The summed E-state index contributed by atoms with van der Waals surface area (Å²) in [6.07, 6.45) is 0. The number of carbonyl (C=O) groups excluding carboxylic acids is 2. The van der Waals surface area contributed by atoms with Crippen molar-refractivity contribution in [1.82, 2.24) is 0 Å². The second-order valence-corrected chi connectivity index (χ2v) is 5.30. The van der Waals surface area contributed by atoms with Gasteiger partial charge in [-0.05, 0) is 12.1 Å². The van der Waals surface area contributed by atoms with Gasteiger partial charge in [0.1, 0.15) is 5.75 Å². The Kier molecular flexibility index (Phi) is 4.53. The lowest BCUT2D eigenvalue weighted by Crippen LogP contribution is -2.27. The van der Waals surface area contributed by atoms with E-state index in [9.17, 15) is 9.59 Å². The normalized spacial score (nSPS) is 10.8. The maximum Gasteiger partial charge on any atom is 0.229 e. The largest absolute Gasteiger partial charge is 0.494 e. The molecule has 5 heteroatoms. The van der Waals surface area contributed by atoms with E-state index in [0.29, 0.717) is 17.1 Å². The van der Waals surface area contributed by atoms with Crippen molar-refractivity contribution in [1.29, 1.82) is 0 Å². The molecule has 0 saturated heterocycles. The summed E-state index contributed by atoms with van der Waals surface area (Å²) < 4.78 is 5.19. The fourth-order valence-electron chi connectivity index (χ4n) is 1.38. The fraction of sp³-hybridized carbons (Fsp3) is 0.429. The van der Waals surface area contributed by atoms with E-state index in [4.69, 9.17) is 4.74 Å². The van der Waals surface area contributed by atoms with E-state index in [-0.39, 0.29) is 11.8 Å². The van der Waals surface area contributed by atoms with Crippen molar-refractivity contribution in [2.24, 2.45) is 5.41 Å². The van der Waals surface area contributed by atoms with Gasteiger partial charge in [0.25, 0.3) is 0 Å². The van der Waals surface area contributed by atoms with Crippen LogP contribution in [0.15, 0.2) is 18.2 Å². The van der Waals surface area contributed by atoms with E-state index in [1.165, 1.54) is 14.0 Å². The van der Waals surface area contributed by atoms with Crippen LogP contribution in [-0.4, -0.2) is 18.9 Å². The van der Waals surface area contributed by atoms with Crippen LogP contribution in [0.4, 0.5) is 11.4 Å². The van der Waals surface area contributed by atoms with Gasteiger partial charge >= 0.3 is 0 Å². The lowest BCUT2D eigenvalue weighted by molar-refractivity contribution is -0.123. The monoisotopic (exact) mass is 264 g/mol. The molecule has 0 unspecified atom stereocenters. The Labute approximate surface area is 113 Å². The third-order valence-electron chi connectivity index (χ3n) is 2.45. The van der Waals surface area contributed by atoms with E-state index in [1.807, 2.05) is 20.8 Å². The van der Waals surface area contributed by atoms with Crippen molar-refractivity contribution in [3.8, 4) is 5.75 Å². The lowest BCUT2D eigenvalue weighted by atomic mass is 9.95.